The van der Waals surface area contributed by atoms with Crippen LogP contribution >= 0.6 is 0 Å². The van der Waals surface area contributed by atoms with E-state index < -0.39 is 5.82 Å². The summed E-state index contributed by atoms with van der Waals surface area (Å²) in [7, 11) is 1.74. The number of hydrogen-bond donors (Lipinski definition) is 2. The molecule has 15 heavy (non-hydrogen) atoms. The van der Waals surface area contributed by atoms with Crippen molar-refractivity contribution >= 4 is 5.82 Å². The van der Waals surface area contributed by atoms with E-state index in [2.05, 4.69) is 4.98 Å². The van der Waals surface area contributed by atoms with E-state index in [1.54, 1.807) is 11.9 Å². The van der Waals surface area contributed by atoms with Crippen LogP contribution in [0.15, 0.2) is 12.3 Å². The molecular weight excluding hydrogens is 199 g/mol. The molecule has 0 amide bonds. The monoisotopic (exact) mass is 214 g/mol. The van der Waals surface area contributed by atoms with E-state index in [-0.39, 0.29) is 19.3 Å². The number of nitrogens with zero attached hydrogens (tertiary/aromatic N) is 2. The molecule has 0 saturated heterocycles. The molecule has 0 aliphatic carbocycles. The second-order valence-corrected chi connectivity index (χ2v) is 3.44. The third-order valence-electron chi connectivity index (χ3n) is 2.34. The Hall–Kier alpha value is -1.20. The first kappa shape index (κ1) is 11.9. The molecule has 0 fully saturated rings. The first-order valence-electron chi connectivity index (χ1n) is 4.69. The average Bonchev–Trinajstić information content (AvgIpc) is 2.26. The SMILES string of the molecule is CC(CO)N(C)c1ncc(F)cc1CO. The van der Waals surface area contributed by atoms with Crippen molar-refractivity contribution in [2.45, 2.75) is 19.6 Å². The summed E-state index contributed by atoms with van der Waals surface area (Å²) in [6, 6.07) is 1.11. The molecule has 0 radical (unpaired) electrons. The molecule has 2 N–H and O–H groups in total. The van der Waals surface area contributed by atoms with Gasteiger partial charge < -0.3 is 15.1 Å². The van der Waals surface area contributed by atoms with E-state index in [0.29, 0.717) is 11.4 Å². The van der Waals surface area contributed by atoms with Gasteiger partial charge in [0, 0.05) is 12.6 Å². The minimum absolute atomic E-state index is 0.0274. The van der Waals surface area contributed by atoms with Gasteiger partial charge in [-0.2, -0.15) is 0 Å². The van der Waals surface area contributed by atoms with Crippen LogP contribution in [0.25, 0.3) is 0 Å². The molecule has 4 nitrogen and oxygen atoms in total. The van der Waals surface area contributed by atoms with Gasteiger partial charge in [0.15, 0.2) is 0 Å². The third-order valence-corrected chi connectivity index (χ3v) is 2.34. The maximum absolute atomic E-state index is 12.8. The zero-order chi connectivity index (χ0) is 11.4. The van der Waals surface area contributed by atoms with Crippen LogP contribution in [0.2, 0.25) is 0 Å². The quantitative estimate of drug-likeness (QED) is 0.767. The summed E-state index contributed by atoms with van der Waals surface area (Å²) < 4.78 is 12.8. The van der Waals surface area contributed by atoms with Crippen LogP contribution in [0.4, 0.5) is 10.2 Å². The highest BCUT2D eigenvalue weighted by atomic mass is 19.1. The summed E-state index contributed by atoms with van der Waals surface area (Å²) in [5.74, 6) is 0.00769. The van der Waals surface area contributed by atoms with Gasteiger partial charge >= 0.3 is 0 Å². The largest absolute Gasteiger partial charge is 0.394 e. The summed E-state index contributed by atoms with van der Waals surface area (Å²) >= 11 is 0. The van der Waals surface area contributed by atoms with Crippen LogP contribution in [0.5, 0.6) is 0 Å². The molecule has 1 heterocycles. The molecule has 5 heteroatoms. The second kappa shape index (κ2) is 5.04. The van der Waals surface area contributed by atoms with Gasteiger partial charge in [0.05, 0.1) is 25.5 Å². The molecule has 0 aliphatic heterocycles. The van der Waals surface area contributed by atoms with Gasteiger partial charge in [0.2, 0.25) is 0 Å². The molecule has 1 unspecified atom stereocenters. The van der Waals surface area contributed by atoms with Crippen LogP contribution in [0.3, 0.4) is 0 Å². The molecule has 0 saturated carbocycles. The van der Waals surface area contributed by atoms with E-state index in [4.69, 9.17) is 10.2 Å². The number of likely N-dealkylation sites (N-methyl/N-ethyl adjacent to an activating group) is 1. The predicted octanol–water partition coefficient (Wildman–Crippen LogP) is 0.530. The molecule has 0 bridgehead atoms. The molecule has 1 atom stereocenters. The summed E-state index contributed by atoms with van der Waals surface area (Å²) in [6.45, 7) is 1.51. The van der Waals surface area contributed by atoms with Crippen molar-refractivity contribution in [3.8, 4) is 0 Å². The van der Waals surface area contributed by atoms with Gasteiger partial charge in [-0.1, -0.05) is 0 Å². The summed E-state index contributed by atoms with van der Waals surface area (Å²) in [5, 5.41) is 18.0. The zero-order valence-corrected chi connectivity index (χ0v) is 8.81. The highest BCUT2D eigenvalue weighted by Crippen LogP contribution is 2.19. The Balaban J connectivity index is 3.02. The summed E-state index contributed by atoms with van der Waals surface area (Å²) in [5.41, 5.74) is 0.415. The Morgan fingerprint density at radius 2 is 2.20 bits per heavy atom. The van der Waals surface area contributed by atoms with Crippen molar-refractivity contribution in [2.24, 2.45) is 0 Å². The minimum Gasteiger partial charge on any atom is -0.394 e. The summed E-state index contributed by atoms with van der Waals surface area (Å²) in [6.07, 6.45) is 1.09. The van der Waals surface area contributed by atoms with E-state index in [1.165, 1.54) is 6.07 Å². The molecule has 84 valence electrons. The Kier molecular flexibility index (Phi) is 3.99. The fraction of sp³-hybridized carbons (Fsp3) is 0.500. The molecule has 0 spiro atoms. The minimum atomic E-state index is -0.479. The van der Waals surface area contributed by atoms with Crippen molar-refractivity contribution in [2.75, 3.05) is 18.6 Å². The maximum Gasteiger partial charge on any atom is 0.142 e. The van der Waals surface area contributed by atoms with E-state index in [1.807, 2.05) is 6.92 Å². The van der Waals surface area contributed by atoms with Crippen molar-refractivity contribution in [1.29, 1.82) is 0 Å². The molecule has 0 aliphatic rings. The van der Waals surface area contributed by atoms with Crippen molar-refractivity contribution < 1.29 is 14.6 Å². The highest BCUT2D eigenvalue weighted by Gasteiger charge is 2.14. The third kappa shape index (κ3) is 2.64. The van der Waals surface area contributed by atoms with E-state index >= 15 is 0 Å². The lowest BCUT2D eigenvalue weighted by Crippen LogP contribution is -2.33. The number of aliphatic hydroxyl groups excluding tert-OH is 2. The normalized spacial score (nSPS) is 12.6. The zero-order valence-electron chi connectivity index (χ0n) is 8.81. The van der Waals surface area contributed by atoms with Crippen LogP contribution in [0, 0.1) is 5.82 Å². The van der Waals surface area contributed by atoms with Crippen molar-refractivity contribution in [1.82, 2.24) is 4.98 Å². The lowest BCUT2D eigenvalue weighted by atomic mass is 10.2. The van der Waals surface area contributed by atoms with Crippen LogP contribution in [0.1, 0.15) is 12.5 Å². The first-order chi connectivity index (χ1) is 7.10. The molecule has 1 aromatic heterocycles. The number of rotatable bonds is 4. The van der Waals surface area contributed by atoms with Crippen LogP contribution in [-0.4, -0.2) is 34.9 Å². The van der Waals surface area contributed by atoms with Crippen molar-refractivity contribution in [3.05, 3.63) is 23.6 Å². The van der Waals surface area contributed by atoms with Gasteiger partial charge in [-0.3, -0.25) is 0 Å². The second-order valence-electron chi connectivity index (χ2n) is 3.44. The lowest BCUT2D eigenvalue weighted by molar-refractivity contribution is 0.266. The number of hydrogen-bond acceptors (Lipinski definition) is 4. The standard InChI is InChI=1S/C10H15FN2O2/c1-7(5-14)13(2)10-8(6-15)3-9(11)4-12-10/h3-4,7,14-15H,5-6H2,1-2H3. The van der Waals surface area contributed by atoms with Crippen LogP contribution in [-0.2, 0) is 6.61 Å². The number of aliphatic hydroxyl groups is 2. The van der Waals surface area contributed by atoms with Gasteiger partial charge in [-0.15, -0.1) is 0 Å². The summed E-state index contributed by atoms with van der Waals surface area (Å²) in [4.78, 5) is 5.60. The van der Waals surface area contributed by atoms with E-state index in [9.17, 15) is 4.39 Å². The van der Waals surface area contributed by atoms with Crippen LogP contribution < -0.4 is 4.90 Å². The topological polar surface area (TPSA) is 56.6 Å². The molecular formula is C10H15FN2O2. The Morgan fingerprint density at radius 3 is 2.73 bits per heavy atom. The Morgan fingerprint density at radius 1 is 1.53 bits per heavy atom. The number of pyridine rings is 1. The number of aromatic nitrogens is 1. The fourth-order valence-electron chi connectivity index (χ4n) is 1.24. The average molecular weight is 214 g/mol. The predicted molar refractivity (Wildman–Crippen MR) is 55.1 cm³/mol. The number of anilines is 1. The van der Waals surface area contributed by atoms with Gasteiger partial charge in [-0.05, 0) is 13.0 Å². The molecule has 1 rings (SSSR count). The fourth-order valence-corrected chi connectivity index (χ4v) is 1.24. The maximum atomic E-state index is 12.8. The van der Waals surface area contributed by atoms with Gasteiger partial charge in [0.1, 0.15) is 11.6 Å². The van der Waals surface area contributed by atoms with Gasteiger partial charge in [-0.25, -0.2) is 9.37 Å². The lowest BCUT2D eigenvalue weighted by Gasteiger charge is -2.25. The van der Waals surface area contributed by atoms with E-state index in [0.717, 1.165) is 6.20 Å². The van der Waals surface area contributed by atoms with Crippen molar-refractivity contribution in [3.63, 3.8) is 0 Å². The highest BCUT2D eigenvalue weighted by molar-refractivity contribution is 5.46. The molecule has 1 aromatic rings. The molecule has 0 aromatic carbocycles. The first-order valence-corrected chi connectivity index (χ1v) is 4.69. The Bertz CT molecular complexity index is 333. The number of halogens is 1. The Labute approximate surface area is 88.0 Å². The smallest absolute Gasteiger partial charge is 0.142 e. The van der Waals surface area contributed by atoms with Gasteiger partial charge in [0.25, 0.3) is 0 Å².